The van der Waals surface area contributed by atoms with E-state index in [-0.39, 0.29) is 28.3 Å². The molecule has 0 saturated carbocycles. The molecular formula is C22H24ClN5O7. The predicted octanol–water partition coefficient (Wildman–Crippen LogP) is 2.82. The molecule has 0 unspecified atom stereocenters. The summed E-state index contributed by atoms with van der Waals surface area (Å²) in [5.41, 5.74) is 1.10. The van der Waals surface area contributed by atoms with Crippen molar-refractivity contribution >= 4 is 29.4 Å². The monoisotopic (exact) mass is 505 g/mol. The van der Waals surface area contributed by atoms with Crippen molar-refractivity contribution in [2.45, 2.75) is 6.54 Å². The van der Waals surface area contributed by atoms with Crippen molar-refractivity contribution in [1.29, 1.82) is 0 Å². The lowest BCUT2D eigenvalue weighted by Crippen LogP contribution is -2.10. The molecule has 0 aliphatic heterocycles. The van der Waals surface area contributed by atoms with Crippen molar-refractivity contribution in [3.63, 3.8) is 0 Å². The highest BCUT2D eigenvalue weighted by molar-refractivity contribution is 6.29. The van der Waals surface area contributed by atoms with Gasteiger partial charge in [-0.3, -0.25) is 0 Å². The average molecular weight is 506 g/mol. The number of anilines is 1. The molecule has 13 heteroatoms. The summed E-state index contributed by atoms with van der Waals surface area (Å²) in [6.07, 6.45) is 2.70. The van der Waals surface area contributed by atoms with E-state index in [2.05, 4.69) is 34.7 Å². The Morgan fingerprint density at radius 1 is 0.800 bits per heavy atom. The SMILES string of the molecule is COC(=O)c1ncc(Cl)nc1OC.COC(=O)c1ncc(NCc2ccc(OC)cc2)nc1OC. The van der Waals surface area contributed by atoms with E-state index in [1.165, 1.54) is 40.8 Å². The molecule has 12 nitrogen and oxygen atoms in total. The summed E-state index contributed by atoms with van der Waals surface area (Å²) in [5, 5.41) is 3.27. The van der Waals surface area contributed by atoms with Gasteiger partial charge in [0.25, 0.3) is 0 Å². The number of nitrogens with one attached hydrogen (secondary N) is 1. The van der Waals surface area contributed by atoms with E-state index in [9.17, 15) is 9.59 Å². The van der Waals surface area contributed by atoms with Crippen LogP contribution in [0.25, 0.3) is 0 Å². The number of ether oxygens (including phenoxy) is 5. The van der Waals surface area contributed by atoms with Gasteiger partial charge in [-0.1, -0.05) is 23.7 Å². The normalized spacial score (nSPS) is 9.77. The van der Waals surface area contributed by atoms with Gasteiger partial charge in [-0.2, -0.15) is 9.97 Å². The van der Waals surface area contributed by atoms with Crippen LogP contribution < -0.4 is 19.5 Å². The Bertz CT molecular complexity index is 1150. The van der Waals surface area contributed by atoms with Gasteiger partial charge >= 0.3 is 11.9 Å². The van der Waals surface area contributed by atoms with E-state index in [0.717, 1.165) is 11.3 Å². The van der Waals surface area contributed by atoms with Gasteiger partial charge in [0.15, 0.2) is 5.15 Å². The minimum Gasteiger partial charge on any atom is -0.497 e. The van der Waals surface area contributed by atoms with Crippen LogP contribution in [-0.4, -0.2) is 67.4 Å². The second-order valence-corrected chi connectivity index (χ2v) is 6.74. The van der Waals surface area contributed by atoms with Gasteiger partial charge in [0.05, 0.1) is 47.9 Å². The first-order valence-electron chi connectivity index (χ1n) is 9.87. The summed E-state index contributed by atoms with van der Waals surface area (Å²) in [6, 6.07) is 7.64. The first kappa shape index (κ1) is 27.1. The molecule has 0 fully saturated rings. The molecule has 0 saturated heterocycles. The van der Waals surface area contributed by atoms with Crippen LogP contribution >= 0.6 is 11.6 Å². The molecule has 186 valence electrons. The van der Waals surface area contributed by atoms with E-state index < -0.39 is 11.9 Å². The topological polar surface area (TPSA) is 144 Å². The predicted molar refractivity (Wildman–Crippen MR) is 125 cm³/mol. The number of carbonyl (C=O) groups is 2. The summed E-state index contributed by atoms with van der Waals surface area (Å²) in [4.78, 5) is 38.2. The largest absolute Gasteiger partial charge is 0.497 e. The zero-order valence-electron chi connectivity index (χ0n) is 19.7. The van der Waals surface area contributed by atoms with Crippen LogP contribution in [0.3, 0.4) is 0 Å². The van der Waals surface area contributed by atoms with Gasteiger partial charge in [0.2, 0.25) is 23.1 Å². The summed E-state index contributed by atoms with van der Waals surface area (Å²) in [7, 11) is 6.94. The maximum absolute atomic E-state index is 11.5. The van der Waals surface area contributed by atoms with Gasteiger partial charge in [-0.25, -0.2) is 19.6 Å². The number of methoxy groups -OCH3 is 5. The van der Waals surface area contributed by atoms with Crippen molar-refractivity contribution in [3.05, 3.63) is 58.8 Å². The standard InChI is InChI=1S/C15H17N3O4.C7H7ClN2O3/c1-20-11-6-4-10(5-7-11)8-16-12-9-17-13(15(19)22-3)14(18-12)21-2;1-12-6-5(7(11)13-2)9-3-4(8)10-6/h4-7,9H,8H2,1-3H3,(H,16,18);3H,1-2H3. The van der Waals surface area contributed by atoms with Crippen LogP contribution in [0.2, 0.25) is 5.15 Å². The number of rotatable bonds is 8. The molecule has 0 atom stereocenters. The first-order chi connectivity index (χ1) is 16.9. The van der Waals surface area contributed by atoms with E-state index in [1.54, 1.807) is 7.11 Å². The molecule has 3 rings (SSSR count). The Morgan fingerprint density at radius 2 is 1.34 bits per heavy atom. The molecule has 2 aromatic heterocycles. The van der Waals surface area contributed by atoms with Gasteiger partial charge in [0.1, 0.15) is 11.6 Å². The summed E-state index contributed by atoms with van der Waals surface area (Å²) in [5.74, 6) is 0.269. The zero-order valence-corrected chi connectivity index (χ0v) is 20.5. The lowest BCUT2D eigenvalue weighted by atomic mass is 10.2. The third kappa shape index (κ3) is 7.67. The fraction of sp³-hybridized carbons (Fsp3) is 0.273. The molecule has 0 aliphatic carbocycles. The Kier molecular flexibility index (Phi) is 10.4. The highest BCUT2D eigenvalue weighted by Crippen LogP contribution is 2.18. The number of carbonyl (C=O) groups excluding carboxylic acids is 2. The number of aromatic nitrogens is 4. The number of hydrogen-bond donors (Lipinski definition) is 1. The van der Waals surface area contributed by atoms with Crippen molar-refractivity contribution in [1.82, 2.24) is 19.9 Å². The number of hydrogen-bond acceptors (Lipinski definition) is 12. The van der Waals surface area contributed by atoms with Crippen LogP contribution in [0.5, 0.6) is 17.5 Å². The molecule has 0 radical (unpaired) electrons. The number of nitrogens with zero attached hydrogens (tertiary/aromatic N) is 4. The molecule has 0 spiro atoms. The van der Waals surface area contributed by atoms with Gasteiger partial charge < -0.3 is 29.0 Å². The molecule has 3 aromatic rings. The number of esters is 2. The summed E-state index contributed by atoms with van der Waals surface area (Å²) in [6.45, 7) is 0.555. The van der Waals surface area contributed by atoms with Crippen molar-refractivity contribution < 1.29 is 33.3 Å². The van der Waals surface area contributed by atoms with Gasteiger partial charge in [-0.15, -0.1) is 0 Å². The number of benzene rings is 1. The fourth-order valence-corrected chi connectivity index (χ4v) is 2.63. The second-order valence-electron chi connectivity index (χ2n) is 6.35. The lowest BCUT2D eigenvalue weighted by Gasteiger charge is -2.09. The van der Waals surface area contributed by atoms with Crippen molar-refractivity contribution in [3.8, 4) is 17.5 Å². The Hall–Kier alpha value is -4.19. The Balaban J connectivity index is 0.000000283. The van der Waals surface area contributed by atoms with Crippen LogP contribution in [0, 0.1) is 0 Å². The fourth-order valence-electron chi connectivity index (χ4n) is 2.50. The van der Waals surface area contributed by atoms with Crippen LogP contribution in [0.15, 0.2) is 36.7 Å². The first-order valence-corrected chi connectivity index (χ1v) is 10.3. The molecular weight excluding hydrogens is 482 g/mol. The average Bonchev–Trinajstić information content (AvgIpc) is 2.91. The van der Waals surface area contributed by atoms with Gasteiger partial charge in [-0.05, 0) is 17.7 Å². The minimum absolute atomic E-state index is 0.00870. The van der Waals surface area contributed by atoms with Crippen LogP contribution in [0.1, 0.15) is 26.5 Å². The van der Waals surface area contributed by atoms with E-state index in [4.69, 9.17) is 25.8 Å². The number of halogens is 1. The van der Waals surface area contributed by atoms with E-state index in [0.29, 0.717) is 12.4 Å². The highest BCUT2D eigenvalue weighted by Gasteiger charge is 2.17. The van der Waals surface area contributed by atoms with E-state index in [1.807, 2.05) is 24.3 Å². The third-order valence-corrected chi connectivity index (χ3v) is 4.41. The highest BCUT2D eigenvalue weighted by atomic mass is 35.5. The van der Waals surface area contributed by atoms with Crippen molar-refractivity contribution in [2.24, 2.45) is 0 Å². The molecule has 0 aliphatic rings. The molecule has 0 amide bonds. The Labute approximate surface area is 206 Å². The minimum atomic E-state index is -0.610. The molecule has 2 heterocycles. The van der Waals surface area contributed by atoms with Crippen molar-refractivity contribution in [2.75, 3.05) is 40.9 Å². The molecule has 0 bridgehead atoms. The summed E-state index contributed by atoms with van der Waals surface area (Å²) >= 11 is 5.54. The Morgan fingerprint density at radius 3 is 1.86 bits per heavy atom. The molecule has 35 heavy (non-hydrogen) atoms. The maximum atomic E-state index is 11.5. The second kappa shape index (κ2) is 13.5. The van der Waals surface area contributed by atoms with Crippen LogP contribution in [-0.2, 0) is 16.0 Å². The lowest BCUT2D eigenvalue weighted by molar-refractivity contribution is 0.0580. The van der Waals surface area contributed by atoms with Gasteiger partial charge in [0, 0.05) is 6.54 Å². The molecule has 1 N–H and O–H groups in total. The third-order valence-electron chi connectivity index (χ3n) is 4.23. The summed E-state index contributed by atoms with van der Waals surface area (Å²) < 4.78 is 24.0. The zero-order chi connectivity index (χ0) is 25.8. The quantitative estimate of drug-likeness (QED) is 0.449. The van der Waals surface area contributed by atoms with E-state index >= 15 is 0 Å². The molecule has 1 aromatic carbocycles. The van der Waals surface area contributed by atoms with Crippen LogP contribution in [0.4, 0.5) is 5.82 Å². The maximum Gasteiger partial charge on any atom is 0.362 e. The smallest absolute Gasteiger partial charge is 0.362 e.